The van der Waals surface area contributed by atoms with Gasteiger partial charge in [-0.2, -0.15) is 0 Å². The van der Waals surface area contributed by atoms with E-state index in [0.29, 0.717) is 0 Å². The molecule has 0 bridgehead atoms. The van der Waals surface area contributed by atoms with Gasteiger partial charge in [0.15, 0.2) is 0 Å². The SMILES string of the molecule is FC(F)(F)C[CH2][Sn]([CH2]CC(F)(F)F)([CH2]CC(F)(F)F)[CH2]CC(F)(F)F. The molecular weight excluding hydrogens is 491 g/mol. The van der Waals surface area contributed by atoms with Crippen LogP contribution in [0.15, 0.2) is 0 Å². The molecule has 0 aliphatic rings. The quantitative estimate of drug-likeness (QED) is 0.240. The van der Waals surface area contributed by atoms with Crippen LogP contribution in [0.5, 0.6) is 0 Å². The van der Waals surface area contributed by atoms with Gasteiger partial charge in [-0.25, -0.2) is 0 Å². The topological polar surface area (TPSA) is 0 Å². The molecule has 0 nitrogen and oxygen atoms in total. The molecule has 0 aliphatic carbocycles. The Bertz CT molecular complexity index is 311. The number of halogens is 12. The molecule has 0 heterocycles. The van der Waals surface area contributed by atoms with Crippen molar-refractivity contribution < 1.29 is 52.7 Å². The maximum absolute atomic E-state index is 12.4. The Morgan fingerprint density at radius 2 is 0.520 bits per heavy atom. The van der Waals surface area contributed by atoms with Gasteiger partial charge in [-0.1, -0.05) is 0 Å². The monoisotopic (exact) mass is 508 g/mol. The van der Waals surface area contributed by atoms with Crippen LogP contribution in [0.4, 0.5) is 52.7 Å². The van der Waals surface area contributed by atoms with Crippen molar-refractivity contribution in [2.24, 2.45) is 0 Å². The van der Waals surface area contributed by atoms with E-state index in [2.05, 4.69) is 0 Å². The van der Waals surface area contributed by atoms with Gasteiger partial charge < -0.3 is 0 Å². The zero-order chi connectivity index (χ0) is 20.2. The standard InChI is InChI=1S/4C3H4F3.Sn/c4*1-2-3(4,5)6;/h4*1-2H2;. The molecule has 0 unspecified atom stereocenters. The van der Waals surface area contributed by atoms with E-state index in [1.54, 1.807) is 0 Å². The van der Waals surface area contributed by atoms with Crippen LogP contribution in [0.2, 0.25) is 17.7 Å². The third kappa shape index (κ3) is 14.8. The summed E-state index contributed by atoms with van der Waals surface area (Å²) in [6.07, 6.45) is -26.0. The van der Waals surface area contributed by atoms with E-state index in [9.17, 15) is 52.7 Å². The van der Waals surface area contributed by atoms with Gasteiger partial charge in [0.05, 0.1) is 0 Å². The molecule has 152 valence electrons. The van der Waals surface area contributed by atoms with Crippen LogP contribution in [0.25, 0.3) is 0 Å². The summed E-state index contributed by atoms with van der Waals surface area (Å²) in [6, 6.07) is 0. The first kappa shape index (κ1) is 25.0. The molecule has 0 spiro atoms. The van der Waals surface area contributed by atoms with Crippen molar-refractivity contribution in [3.05, 3.63) is 0 Å². The fraction of sp³-hybridized carbons (Fsp3) is 1.00. The summed E-state index contributed by atoms with van der Waals surface area (Å²) >= 11 is -5.02. The van der Waals surface area contributed by atoms with Crippen LogP contribution in [0.1, 0.15) is 25.7 Å². The van der Waals surface area contributed by atoms with Crippen molar-refractivity contribution in [3.63, 3.8) is 0 Å². The van der Waals surface area contributed by atoms with E-state index in [0.717, 1.165) is 0 Å². The zero-order valence-corrected chi connectivity index (χ0v) is 15.5. The van der Waals surface area contributed by atoms with Gasteiger partial charge in [-0.3, -0.25) is 0 Å². The first-order chi connectivity index (χ1) is 10.8. The predicted octanol–water partition coefficient (Wildman–Crippen LogP) is 7.24. The number of hydrogen-bond acceptors (Lipinski definition) is 0. The van der Waals surface area contributed by atoms with E-state index in [4.69, 9.17) is 0 Å². The van der Waals surface area contributed by atoms with Crippen molar-refractivity contribution in [1.29, 1.82) is 0 Å². The Balaban J connectivity index is 5.41. The van der Waals surface area contributed by atoms with Gasteiger partial charge in [-0.15, -0.1) is 0 Å². The summed E-state index contributed by atoms with van der Waals surface area (Å²) in [7, 11) is 0. The number of alkyl halides is 12. The van der Waals surface area contributed by atoms with E-state index in [1.165, 1.54) is 0 Å². The fourth-order valence-corrected chi connectivity index (χ4v) is 15.9. The van der Waals surface area contributed by atoms with Crippen molar-refractivity contribution in [3.8, 4) is 0 Å². The molecule has 0 saturated heterocycles. The van der Waals surface area contributed by atoms with Gasteiger partial charge in [0.25, 0.3) is 0 Å². The normalized spacial score (nSPS) is 14.9. The minimum atomic E-state index is -5.02. The summed E-state index contributed by atoms with van der Waals surface area (Å²) in [6.45, 7) is 0. The third-order valence-corrected chi connectivity index (χ3v) is 18.7. The molecule has 0 atom stereocenters. The van der Waals surface area contributed by atoms with Gasteiger partial charge in [0.2, 0.25) is 0 Å². The van der Waals surface area contributed by atoms with Crippen LogP contribution < -0.4 is 0 Å². The molecule has 0 aromatic rings. The molecule has 0 saturated carbocycles. The average molecular weight is 507 g/mol. The van der Waals surface area contributed by atoms with E-state index in [1.807, 2.05) is 0 Å². The van der Waals surface area contributed by atoms with E-state index in [-0.39, 0.29) is 0 Å². The Labute approximate surface area is 139 Å². The molecule has 25 heavy (non-hydrogen) atoms. The molecule has 13 heteroatoms. The molecule has 0 fully saturated rings. The first-order valence-corrected chi connectivity index (χ1v) is 15.2. The zero-order valence-electron chi connectivity index (χ0n) is 12.7. The molecule has 0 radical (unpaired) electrons. The molecule has 0 aromatic carbocycles. The van der Waals surface area contributed by atoms with Gasteiger partial charge in [0, 0.05) is 0 Å². The summed E-state index contributed by atoms with van der Waals surface area (Å²) in [5.74, 6) is 0. The average Bonchev–Trinajstić information content (AvgIpc) is 2.33. The molecule has 0 rings (SSSR count). The van der Waals surface area contributed by atoms with Crippen LogP contribution in [-0.2, 0) is 0 Å². The van der Waals surface area contributed by atoms with Gasteiger partial charge in [0.1, 0.15) is 0 Å². The van der Waals surface area contributed by atoms with Crippen molar-refractivity contribution in [1.82, 2.24) is 0 Å². The maximum atomic E-state index is 12.4. The van der Waals surface area contributed by atoms with Crippen molar-refractivity contribution >= 4 is 18.4 Å². The summed E-state index contributed by atoms with van der Waals surface area (Å²) in [5.41, 5.74) is 0. The molecular formula is C12H16F12Sn. The van der Waals surface area contributed by atoms with E-state index < -0.39 is 86.5 Å². The Morgan fingerprint density at radius 3 is 0.640 bits per heavy atom. The van der Waals surface area contributed by atoms with Gasteiger partial charge in [-0.05, 0) is 0 Å². The Morgan fingerprint density at radius 1 is 0.360 bits per heavy atom. The minimum absolute atomic E-state index is 1.01. The van der Waals surface area contributed by atoms with Crippen LogP contribution in [-0.4, -0.2) is 43.1 Å². The number of hydrogen-bond donors (Lipinski definition) is 0. The second-order valence-electron chi connectivity index (χ2n) is 5.96. The summed E-state index contributed by atoms with van der Waals surface area (Å²) in [4.78, 5) is 0. The molecule has 0 aliphatic heterocycles. The second-order valence-corrected chi connectivity index (χ2v) is 20.2. The van der Waals surface area contributed by atoms with Crippen LogP contribution in [0.3, 0.4) is 0 Å². The first-order valence-electron chi connectivity index (χ1n) is 7.10. The summed E-state index contributed by atoms with van der Waals surface area (Å²) in [5, 5.41) is 0. The van der Waals surface area contributed by atoms with Gasteiger partial charge >= 0.3 is 139 Å². The predicted molar refractivity (Wildman–Crippen MR) is 67.7 cm³/mol. The molecule has 0 amide bonds. The molecule has 0 N–H and O–H groups in total. The third-order valence-electron chi connectivity index (χ3n) is 3.76. The van der Waals surface area contributed by atoms with Crippen LogP contribution >= 0.6 is 0 Å². The van der Waals surface area contributed by atoms with E-state index >= 15 is 0 Å². The summed E-state index contributed by atoms with van der Waals surface area (Å²) < 4.78 is 144. The van der Waals surface area contributed by atoms with Crippen LogP contribution in [0, 0.1) is 0 Å². The van der Waals surface area contributed by atoms with Crippen molar-refractivity contribution in [2.75, 3.05) is 0 Å². The Hall–Kier alpha value is -0.0413. The molecule has 0 aromatic heterocycles. The van der Waals surface area contributed by atoms with Crippen molar-refractivity contribution in [2.45, 2.75) is 68.1 Å². The fourth-order valence-electron chi connectivity index (χ4n) is 2.38. The number of rotatable bonds is 8. The Kier molecular flexibility index (Phi) is 8.75. The second kappa shape index (κ2) is 8.76.